The maximum Gasteiger partial charge on any atom is 0.234 e. The van der Waals surface area contributed by atoms with E-state index >= 15 is 0 Å². The summed E-state index contributed by atoms with van der Waals surface area (Å²) in [6, 6.07) is 15.1. The minimum atomic E-state index is -0.484. The van der Waals surface area contributed by atoms with Crippen molar-refractivity contribution >= 4 is 44.8 Å². The highest BCUT2D eigenvalue weighted by atomic mass is 35.5. The number of fused-ring (bicyclic) bond motifs is 1. The highest BCUT2D eigenvalue weighted by molar-refractivity contribution is 7.18. The lowest BCUT2D eigenvalue weighted by atomic mass is 9.97. The number of benzene rings is 2. The molecule has 0 unspecified atom stereocenters. The number of piperidine rings is 1. The highest BCUT2D eigenvalue weighted by Crippen LogP contribution is 2.34. The summed E-state index contributed by atoms with van der Waals surface area (Å²) >= 11 is 7.82. The third-order valence-electron chi connectivity index (χ3n) is 5.78. The summed E-state index contributed by atoms with van der Waals surface area (Å²) in [6.07, 6.45) is 2.47. The van der Waals surface area contributed by atoms with Gasteiger partial charge in [0.15, 0.2) is 5.78 Å². The molecule has 7 heteroatoms. The number of aromatic nitrogens is 1. The minimum Gasteiger partial charge on any atom is -0.345 e. The van der Waals surface area contributed by atoms with Gasteiger partial charge in [-0.2, -0.15) is 0 Å². The van der Waals surface area contributed by atoms with Crippen molar-refractivity contribution in [3.05, 3.63) is 64.1 Å². The van der Waals surface area contributed by atoms with Gasteiger partial charge >= 0.3 is 0 Å². The van der Waals surface area contributed by atoms with Crippen LogP contribution in [-0.4, -0.2) is 47.3 Å². The van der Waals surface area contributed by atoms with E-state index in [4.69, 9.17) is 16.6 Å². The number of Topliss-reactive ketones (excluding diaryl/α,β-unsaturated/α-hetero) is 1. The number of halogens is 1. The molecule has 1 amide bonds. The Kier molecular flexibility index (Phi) is 7.00. The van der Waals surface area contributed by atoms with Gasteiger partial charge in [-0.05, 0) is 63.0 Å². The van der Waals surface area contributed by atoms with Crippen molar-refractivity contribution in [1.29, 1.82) is 0 Å². The molecule has 1 aliphatic rings. The lowest BCUT2D eigenvalue weighted by Crippen LogP contribution is -2.47. The van der Waals surface area contributed by atoms with Gasteiger partial charge in [0.25, 0.3) is 0 Å². The Morgan fingerprint density at radius 3 is 2.65 bits per heavy atom. The Hall–Kier alpha value is -2.28. The molecule has 0 bridgehead atoms. The number of hydrogen-bond donors (Lipinski definition) is 1. The zero-order chi connectivity index (χ0) is 21.8. The molecule has 31 heavy (non-hydrogen) atoms. The van der Waals surface area contributed by atoms with Crippen LogP contribution in [0.15, 0.2) is 48.5 Å². The Morgan fingerprint density at radius 1 is 1.19 bits per heavy atom. The monoisotopic (exact) mass is 455 g/mol. The van der Waals surface area contributed by atoms with Gasteiger partial charge in [-0.3, -0.25) is 14.5 Å². The molecule has 4 rings (SSSR count). The van der Waals surface area contributed by atoms with Crippen molar-refractivity contribution in [2.75, 3.05) is 19.6 Å². The van der Waals surface area contributed by atoms with Crippen molar-refractivity contribution in [3.8, 4) is 0 Å². The summed E-state index contributed by atoms with van der Waals surface area (Å²) in [4.78, 5) is 31.6. The summed E-state index contributed by atoms with van der Waals surface area (Å²) in [6.45, 7) is 3.54. The Bertz CT molecular complexity index is 1060. The van der Waals surface area contributed by atoms with E-state index in [1.807, 2.05) is 48.5 Å². The van der Waals surface area contributed by atoms with Gasteiger partial charge in [-0.25, -0.2) is 4.98 Å². The first-order valence-corrected chi connectivity index (χ1v) is 11.8. The molecule has 3 aromatic rings. The normalized spacial score (nSPS) is 16.3. The molecule has 0 radical (unpaired) electrons. The summed E-state index contributed by atoms with van der Waals surface area (Å²) in [7, 11) is 0. The van der Waals surface area contributed by atoms with E-state index in [-0.39, 0.29) is 11.7 Å². The number of amides is 1. The van der Waals surface area contributed by atoms with Crippen LogP contribution in [0, 0.1) is 0 Å². The standard InChI is InChI=1S/C24H26ClN3O2S/c1-16(29)20(13-17-5-3-2-4-6-17)26-23(30)15-28-11-9-18(10-12-28)24-27-21-14-19(25)7-8-22(21)31-24/h2-8,14,18,20H,9-13,15H2,1H3,(H,26,30)/t20-/m0/s1. The van der Waals surface area contributed by atoms with E-state index in [9.17, 15) is 9.59 Å². The van der Waals surface area contributed by atoms with Crippen LogP contribution >= 0.6 is 22.9 Å². The molecule has 0 aliphatic carbocycles. The van der Waals surface area contributed by atoms with Crippen LogP contribution in [0.3, 0.4) is 0 Å². The molecule has 1 atom stereocenters. The average Bonchev–Trinajstić information content (AvgIpc) is 3.17. The fraction of sp³-hybridized carbons (Fsp3) is 0.375. The predicted molar refractivity (Wildman–Crippen MR) is 126 cm³/mol. The number of nitrogens with one attached hydrogen (secondary N) is 1. The van der Waals surface area contributed by atoms with Gasteiger partial charge in [0.05, 0.1) is 27.8 Å². The van der Waals surface area contributed by atoms with Gasteiger partial charge in [-0.15, -0.1) is 11.3 Å². The number of likely N-dealkylation sites (tertiary alicyclic amines) is 1. The lowest BCUT2D eigenvalue weighted by Gasteiger charge is -2.30. The van der Waals surface area contributed by atoms with Crippen LogP contribution in [0.5, 0.6) is 0 Å². The SMILES string of the molecule is CC(=O)[C@H](Cc1ccccc1)NC(=O)CN1CCC(c2nc3cc(Cl)ccc3s2)CC1. The fourth-order valence-electron chi connectivity index (χ4n) is 4.02. The van der Waals surface area contributed by atoms with Gasteiger partial charge in [0, 0.05) is 10.9 Å². The number of thiazole rings is 1. The van der Waals surface area contributed by atoms with Gasteiger partial charge in [0.1, 0.15) is 0 Å². The molecule has 1 fully saturated rings. The lowest BCUT2D eigenvalue weighted by molar-refractivity contribution is -0.127. The minimum absolute atomic E-state index is 0.0214. The molecule has 2 heterocycles. The van der Waals surface area contributed by atoms with Crippen molar-refractivity contribution in [2.45, 2.75) is 38.1 Å². The summed E-state index contributed by atoms with van der Waals surface area (Å²) < 4.78 is 1.16. The summed E-state index contributed by atoms with van der Waals surface area (Å²) in [5, 5.41) is 4.79. The van der Waals surface area contributed by atoms with Crippen molar-refractivity contribution < 1.29 is 9.59 Å². The number of carbonyl (C=O) groups is 2. The number of hydrogen-bond acceptors (Lipinski definition) is 5. The quantitative estimate of drug-likeness (QED) is 0.571. The maximum atomic E-state index is 12.6. The van der Waals surface area contributed by atoms with Crippen LogP contribution in [0.2, 0.25) is 5.02 Å². The Morgan fingerprint density at radius 2 is 1.94 bits per heavy atom. The molecule has 1 aromatic heterocycles. The molecule has 162 valence electrons. The maximum absolute atomic E-state index is 12.6. The molecule has 5 nitrogen and oxygen atoms in total. The van der Waals surface area contributed by atoms with Crippen LogP contribution in [0.4, 0.5) is 0 Å². The largest absolute Gasteiger partial charge is 0.345 e. The molecule has 1 N–H and O–H groups in total. The van der Waals surface area contributed by atoms with E-state index in [0.29, 0.717) is 23.9 Å². The summed E-state index contributed by atoms with van der Waals surface area (Å²) in [5.74, 6) is 0.301. The van der Waals surface area contributed by atoms with Crippen molar-refractivity contribution in [3.63, 3.8) is 0 Å². The first-order valence-electron chi connectivity index (χ1n) is 10.6. The van der Waals surface area contributed by atoms with E-state index in [0.717, 1.165) is 46.7 Å². The van der Waals surface area contributed by atoms with Crippen LogP contribution in [0.1, 0.15) is 36.3 Å². The zero-order valence-electron chi connectivity index (χ0n) is 17.5. The highest BCUT2D eigenvalue weighted by Gasteiger charge is 2.25. The topological polar surface area (TPSA) is 62.3 Å². The van der Waals surface area contributed by atoms with E-state index < -0.39 is 6.04 Å². The first kappa shape index (κ1) is 21.9. The zero-order valence-corrected chi connectivity index (χ0v) is 19.1. The third-order valence-corrected chi connectivity index (χ3v) is 7.21. The van der Waals surface area contributed by atoms with Crippen LogP contribution in [-0.2, 0) is 16.0 Å². The average molecular weight is 456 g/mol. The second-order valence-electron chi connectivity index (χ2n) is 8.14. The number of ketones is 1. The Balaban J connectivity index is 1.29. The van der Waals surface area contributed by atoms with Gasteiger partial charge < -0.3 is 5.32 Å². The van der Waals surface area contributed by atoms with Crippen molar-refractivity contribution in [2.24, 2.45) is 0 Å². The number of nitrogens with zero attached hydrogens (tertiary/aromatic N) is 2. The molecular weight excluding hydrogens is 430 g/mol. The number of carbonyl (C=O) groups excluding carboxylic acids is 2. The molecule has 1 saturated heterocycles. The van der Waals surface area contributed by atoms with Crippen LogP contribution in [0.25, 0.3) is 10.2 Å². The van der Waals surface area contributed by atoms with E-state index in [2.05, 4.69) is 10.2 Å². The van der Waals surface area contributed by atoms with Crippen LogP contribution < -0.4 is 5.32 Å². The van der Waals surface area contributed by atoms with E-state index in [1.165, 1.54) is 6.92 Å². The third kappa shape index (κ3) is 5.70. The van der Waals surface area contributed by atoms with E-state index in [1.54, 1.807) is 11.3 Å². The second-order valence-corrected chi connectivity index (χ2v) is 9.63. The molecule has 0 spiro atoms. The molecule has 0 saturated carbocycles. The van der Waals surface area contributed by atoms with Gasteiger partial charge in [0.2, 0.25) is 5.91 Å². The molecule has 2 aromatic carbocycles. The Labute approximate surface area is 191 Å². The predicted octanol–water partition coefficient (Wildman–Crippen LogP) is 4.45. The number of rotatable bonds is 7. The smallest absolute Gasteiger partial charge is 0.234 e. The van der Waals surface area contributed by atoms with Crippen molar-refractivity contribution in [1.82, 2.24) is 15.2 Å². The molecule has 1 aliphatic heterocycles. The first-order chi connectivity index (χ1) is 15.0. The fourth-order valence-corrected chi connectivity index (χ4v) is 5.30. The summed E-state index contributed by atoms with van der Waals surface area (Å²) in [5.41, 5.74) is 2.00. The molecular formula is C24H26ClN3O2S. The van der Waals surface area contributed by atoms with Gasteiger partial charge in [-0.1, -0.05) is 41.9 Å². The second kappa shape index (κ2) is 9.90.